The number of carboxylic acid groups (broad SMARTS) is 1. The van der Waals surface area contributed by atoms with Crippen molar-refractivity contribution in [2.75, 3.05) is 13.1 Å². The van der Waals surface area contributed by atoms with E-state index in [-0.39, 0.29) is 23.8 Å². The Balaban J connectivity index is 1.91. The highest BCUT2D eigenvalue weighted by molar-refractivity contribution is 5.94. The van der Waals surface area contributed by atoms with E-state index in [0.29, 0.717) is 30.8 Å². The summed E-state index contributed by atoms with van der Waals surface area (Å²) >= 11 is 0. The Kier molecular flexibility index (Phi) is 7.11. The average molecular weight is 368 g/mol. The summed E-state index contributed by atoms with van der Waals surface area (Å²) in [7, 11) is 0. The standard InChI is InChI=1S/C21H24N2O4/c1-3-23(4-2)20(25)17-10-8-15(9-11-17)14-22-19(24)13-16-6-5-7-18(12-16)21(26)27/h5-12H,3-4,13-14H2,1-2H3,(H,22,24)(H,26,27). The van der Waals surface area contributed by atoms with Gasteiger partial charge in [-0.1, -0.05) is 24.3 Å². The quantitative estimate of drug-likeness (QED) is 0.750. The second kappa shape index (κ2) is 9.52. The SMILES string of the molecule is CCN(CC)C(=O)c1ccc(CNC(=O)Cc2cccc(C(=O)O)c2)cc1. The molecule has 0 heterocycles. The first-order chi connectivity index (χ1) is 12.9. The Morgan fingerprint density at radius 1 is 0.926 bits per heavy atom. The molecule has 0 aliphatic carbocycles. The molecule has 0 aromatic heterocycles. The number of carbonyl (C=O) groups is 3. The van der Waals surface area contributed by atoms with Gasteiger partial charge in [0.15, 0.2) is 0 Å². The lowest BCUT2D eigenvalue weighted by atomic mass is 10.1. The summed E-state index contributed by atoms with van der Waals surface area (Å²) in [6.07, 6.45) is 0.111. The first-order valence-corrected chi connectivity index (χ1v) is 8.91. The zero-order valence-corrected chi connectivity index (χ0v) is 15.6. The van der Waals surface area contributed by atoms with Crippen LogP contribution in [0.15, 0.2) is 48.5 Å². The van der Waals surface area contributed by atoms with Crippen LogP contribution < -0.4 is 5.32 Å². The van der Waals surface area contributed by atoms with Crippen molar-refractivity contribution < 1.29 is 19.5 Å². The lowest BCUT2D eigenvalue weighted by Gasteiger charge is -2.18. The van der Waals surface area contributed by atoms with Crippen molar-refractivity contribution in [3.8, 4) is 0 Å². The minimum absolute atomic E-state index is 0.00565. The van der Waals surface area contributed by atoms with Crippen LogP contribution in [0, 0.1) is 0 Å². The molecule has 0 atom stereocenters. The number of nitrogens with zero attached hydrogens (tertiary/aromatic N) is 1. The van der Waals surface area contributed by atoms with Crippen molar-refractivity contribution in [3.05, 3.63) is 70.8 Å². The zero-order valence-electron chi connectivity index (χ0n) is 15.6. The van der Waals surface area contributed by atoms with Gasteiger partial charge in [-0.3, -0.25) is 9.59 Å². The fourth-order valence-corrected chi connectivity index (χ4v) is 2.72. The number of hydrogen-bond donors (Lipinski definition) is 2. The van der Waals surface area contributed by atoms with Crippen LogP contribution in [0.4, 0.5) is 0 Å². The molecule has 6 nitrogen and oxygen atoms in total. The fraction of sp³-hybridized carbons (Fsp3) is 0.286. The molecule has 0 aliphatic heterocycles. The van der Waals surface area contributed by atoms with Gasteiger partial charge in [0.1, 0.15) is 0 Å². The van der Waals surface area contributed by atoms with Crippen LogP contribution in [-0.4, -0.2) is 40.9 Å². The number of nitrogens with one attached hydrogen (secondary N) is 1. The summed E-state index contributed by atoms with van der Waals surface area (Å²) in [5, 5.41) is 11.8. The highest BCUT2D eigenvalue weighted by atomic mass is 16.4. The van der Waals surface area contributed by atoms with Crippen molar-refractivity contribution in [2.45, 2.75) is 26.8 Å². The van der Waals surface area contributed by atoms with E-state index in [0.717, 1.165) is 5.56 Å². The van der Waals surface area contributed by atoms with E-state index in [1.807, 2.05) is 26.0 Å². The van der Waals surface area contributed by atoms with Crippen molar-refractivity contribution in [2.24, 2.45) is 0 Å². The van der Waals surface area contributed by atoms with Gasteiger partial charge in [0, 0.05) is 25.2 Å². The monoisotopic (exact) mass is 368 g/mol. The molecule has 0 unspecified atom stereocenters. The number of hydrogen-bond acceptors (Lipinski definition) is 3. The zero-order chi connectivity index (χ0) is 19.8. The predicted molar refractivity (Wildman–Crippen MR) is 103 cm³/mol. The lowest BCUT2D eigenvalue weighted by molar-refractivity contribution is -0.120. The lowest BCUT2D eigenvalue weighted by Crippen LogP contribution is -2.30. The summed E-state index contributed by atoms with van der Waals surface area (Å²) in [6, 6.07) is 13.5. The Labute approximate surface area is 158 Å². The minimum Gasteiger partial charge on any atom is -0.478 e. The van der Waals surface area contributed by atoms with Crippen molar-refractivity contribution in [1.82, 2.24) is 10.2 Å². The highest BCUT2D eigenvalue weighted by Crippen LogP contribution is 2.09. The maximum absolute atomic E-state index is 12.3. The Bertz CT molecular complexity index is 811. The van der Waals surface area contributed by atoms with Gasteiger partial charge in [0.2, 0.25) is 5.91 Å². The molecule has 0 saturated heterocycles. The second-order valence-electron chi connectivity index (χ2n) is 6.13. The first-order valence-electron chi connectivity index (χ1n) is 8.91. The van der Waals surface area contributed by atoms with Gasteiger partial charge in [-0.25, -0.2) is 4.79 Å². The van der Waals surface area contributed by atoms with Crippen molar-refractivity contribution in [3.63, 3.8) is 0 Å². The van der Waals surface area contributed by atoms with E-state index < -0.39 is 5.97 Å². The summed E-state index contributed by atoms with van der Waals surface area (Å²) in [5.41, 5.74) is 2.32. The molecule has 2 N–H and O–H groups in total. The van der Waals surface area contributed by atoms with Crippen molar-refractivity contribution >= 4 is 17.8 Å². The molecule has 0 saturated carbocycles. The van der Waals surface area contributed by atoms with Gasteiger partial charge in [0.25, 0.3) is 5.91 Å². The van der Waals surface area contributed by atoms with Gasteiger partial charge in [-0.15, -0.1) is 0 Å². The molecule has 2 aromatic rings. The van der Waals surface area contributed by atoms with Crippen LogP contribution in [0.5, 0.6) is 0 Å². The molecule has 0 radical (unpaired) electrons. The molecular formula is C21H24N2O4. The van der Waals surface area contributed by atoms with Crippen LogP contribution >= 0.6 is 0 Å². The van der Waals surface area contributed by atoms with Gasteiger partial charge in [0.05, 0.1) is 12.0 Å². The third-order valence-electron chi connectivity index (χ3n) is 4.28. The molecule has 6 heteroatoms. The average Bonchev–Trinajstić information content (AvgIpc) is 2.68. The van der Waals surface area contributed by atoms with Gasteiger partial charge >= 0.3 is 5.97 Å². The molecule has 2 aromatic carbocycles. The van der Waals surface area contributed by atoms with E-state index in [2.05, 4.69) is 5.32 Å². The summed E-state index contributed by atoms with van der Waals surface area (Å²) in [6.45, 7) is 5.55. The van der Waals surface area contributed by atoms with E-state index in [1.54, 1.807) is 29.2 Å². The summed E-state index contributed by atoms with van der Waals surface area (Å²) in [5.74, 6) is -1.22. The number of aromatic carboxylic acids is 1. The van der Waals surface area contributed by atoms with Crippen molar-refractivity contribution in [1.29, 1.82) is 0 Å². The number of amides is 2. The minimum atomic E-state index is -1.02. The highest BCUT2D eigenvalue weighted by Gasteiger charge is 2.12. The van der Waals surface area contributed by atoms with E-state index >= 15 is 0 Å². The summed E-state index contributed by atoms with van der Waals surface area (Å²) in [4.78, 5) is 37.1. The summed E-state index contributed by atoms with van der Waals surface area (Å²) < 4.78 is 0. The number of benzene rings is 2. The predicted octanol–water partition coefficient (Wildman–Crippen LogP) is 2.73. The molecule has 0 bridgehead atoms. The topological polar surface area (TPSA) is 86.7 Å². The van der Waals surface area contributed by atoms with Crippen LogP contribution in [0.2, 0.25) is 0 Å². The van der Waals surface area contributed by atoms with E-state index in [1.165, 1.54) is 12.1 Å². The third-order valence-corrected chi connectivity index (χ3v) is 4.28. The Morgan fingerprint density at radius 2 is 1.59 bits per heavy atom. The molecule has 2 rings (SSSR count). The van der Waals surface area contributed by atoms with E-state index in [4.69, 9.17) is 5.11 Å². The first kappa shape index (κ1) is 20.2. The molecule has 27 heavy (non-hydrogen) atoms. The Morgan fingerprint density at radius 3 is 2.19 bits per heavy atom. The maximum Gasteiger partial charge on any atom is 0.335 e. The number of carbonyl (C=O) groups excluding carboxylic acids is 2. The largest absolute Gasteiger partial charge is 0.478 e. The normalized spacial score (nSPS) is 10.3. The van der Waals surface area contributed by atoms with Crippen LogP contribution in [0.25, 0.3) is 0 Å². The number of rotatable bonds is 8. The number of carboxylic acids is 1. The smallest absolute Gasteiger partial charge is 0.335 e. The molecule has 2 amide bonds. The Hall–Kier alpha value is -3.15. The van der Waals surface area contributed by atoms with E-state index in [9.17, 15) is 14.4 Å². The van der Waals surface area contributed by atoms with Crippen LogP contribution in [0.3, 0.4) is 0 Å². The van der Waals surface area contributed by atoms with Crippen LogP contribution in [0.1, 0.15) is 45.7 Å². The fourth-order valence-electron chi connectivity index (χ4n) is 2.72. The van der Waals surface area contributed by atoms with Crippen LogP contribution in [-0.2, 0) is 17.8 Å². The van der Waals surface area contributed by atoms with Gasteiger partial charge in [-0.2, -0.15) is 0 Å². The second-order valence-corrected chi connectivity index (χ2v) is 6.13. The van der Waals surface area contributed by atoms with Gasteiger partial charge in [-0.05, 0) is 49.2 Å². The molecular weight excluding hydrogens is 344 g/mol. The third kappa shape index (κ3) is 5.67. The van der Waals surface area contributed by atoms with Gasteiger partial charge < -0.3 is 15.3 Å². The molecule has 0 fully saturated rings. The molecule has 0 spiro atoms. The maximum atomic E-state index is 12.3. The molecule has 142 valence electrons. The molecule has 0 aliphatic rings.